The Hall–Kier alpha value is -0.600. The van der Waals surface area contributed by atoms with E-state index in [-0.39, 0.29) is 0 Å². The van der Waals surface area contributed by atoms with Crippen molar-refractivity contribution in [2.45, 2.75) is 6.92 Å². The molecule has 0 aromatic carbocycles. The molecule has 0 spiro atoms. The monoisotopic (exact) mass is 202 g/mol. The van der Waals surface area contributed by atoms with Crippen molar-refractivity contribution in [3.63, 3.8) is 0 Å². The van der Waals surface area contributed by atoms with Gasteiger partial charge in [0.15, 0.2) is 0 Å². The van der Waals surface area contributed by atoms with Crippen molar-refractivity contribution in [2.24, 2.45) is 4.99 Å². The third-order valence-electron chi connectivity index (χ3n) is 1.55. The second kappa shape index (κ2) is 3.87. The normalized spacial score (nSPS) is 11.8. The summed E-state index contributed by atoms with van der Waals surface area (Å²) in [4.78, 5) is 7.84. The van der Waals surface area contributed by atoms with Gasteiger partial charge in [-0.3, -0.25) is 4.99 Å². The zero-order valence-electron chi connectivity index (χ0n) is 6.81. The summed E-state index contributed by atoms with van der Waals surface area (Å²) < 4.78 is 0. The van der Waals surface area contributed by atoms with Crippen molar-refractivity contribution < 1.29 is 0 Å². The first-order valence-electron chi connectivity index (χ1n) is 3.40. The lowest BCUT2D eigenvalue weighted by Gasteiger charge is -2.01. The van der Waals surface area contributed by atoms with Crippen LogP contribution >= 0.6 is 23.2 Å². The van der Waals surface area contributed by atoms with Gasteiger partial charge in [0.25, 0.3) is 0 Å². The van der Waals surface area contributed by atoms with Crippen LogP contribution in [0, 0.1) is 0 Å². The summed E-state index contributed by atoms with van der Waals surface area (Å²) in [5.74, 6) is 0. The number of hydrogen-bond acceptors (Lipinski definition) is 2. The maximum atomic E-state index is 5.87. The van der Waals surface area contributed by atoms with E-state index in [9.17, 15) is 0 Å². The molecule has 0 unspecified atom stereocenters. The van der Waals surface area contributed by atoms with Gasteiger partial charge in [0.1, 0.15) is 5.15 Å². The smallest absolute Gasteiger partial charge is 0.129 e. The number of aromatic nitrogens is 1. The molecule has 1 heterocycles. The van der Waals surface area contributed by atoms with Crippen LogP contribution in [0.1, 0.15) is 12.5 Å². The molecule has 2 nitrogen and oxygen atoms in total. The minimum Gasteiger partial charge on any atom is -0.293 e. The Morgan fingerprint density at radius 3 is 2.75 bits per heavy atom. The molecule has 0 N–H and O–H groups in total. The summed E-state index contributed by atoms with van der Waals surface area (Å²) in [6, 6.07) is 1.70. The predicted octanol–water partition coefficient (Wildman–Crippen LogP) is 2.83. The summed E-state index contributed by atoms with van der Waals surface area (Å²) in [6.07, 6.45) is 1.52. The fraction of sp³-hybridized carbons (Fsp3) is 0.250. The Morgan fingerprint density at radius 1 is 1.50 bits per heavy atom. The largest absolute Gasteiger partial charge is 0.293 e. The predicted molar refractivity (Wildman–Crippen MR) is 52.4 cm³/mol. The van der Waals surface area contributed by atoms with Gasteiger partial charge >= 0.3 is 0 Å². The number of rotatable bonds is 1. The molecule has 0 aliphatic rings. The van der Waals surface area contributed by atoms with E-state index in [0.717, 1.165) is 11.3 Å². The first-order valence-corrected chi connectivity index (χ1v) is 4.15. The summed E-state index contributed by atoms with van der Waals surface area (Å²) in [7, 11) is 1.71. The highest BCUT2D eigenvalue weighted by molar-refractivity contribution is 6.35. The molecule has 12 heavy (non-hydrogen) atoms. The molecular formula is C8H8Cl2N2. The van der Waals surface area contributed by atoms with Gasteiger partial charge in [-0.2, -0.15) is 0 Å². The topological polar surface area (TPSA) is 25.2 Å². The quantitative estimate of drug-likeness (QED) is 0.508. The summed E-state index contributed by atoms with van der Waals surface area (Å²) in [6.45, 7) is 1.87. The zero-order chi connectivity index (χ0) is 9.14. The minimum absolute atomic E-state index is 0.428. The molecular weight excluding hydrogens is 195 g/mol. The van der Waals surface area contributed by atoms with E-state index >= 15 is 0 Å². The van der Waals surface area contributed by atoms with E-state index in [1.165, 1.54) is 6.20 Å². The lowest BCUT2D eigenvalue weighted by atomic mass is 10.2. The second-order valence-corrected chi connectivity index (χ2v) is 3.09. The second-order valence-electron chi connectivity index (χ2n) is 2.30. The summed E-state index contributed by atoms with van der Waals surface area (Å²) in [5, 5.41) is 1.000. The van der Waals surface area contributed by atoms with Crippen molar-refractivity contribution in [3.8, 4) is 0 Å². The van der Waals surface area contributed by atoms with Crippen LogP contribution in [0.4, 0.5) is 0 Å². The fourth-order valence-electron chi connectivity index (χ4n) is 0.811. The Kier molecular flexibility index (Phi) is 3.06. The molecule has 0 bridgehead atoms. The molecule has 0 saturated heterocycles. The molecule has 0 amide bonds. The van der Waals surface area contributed by atoms with Gasteiger partial charge in [-0.1, -0.05) is 23.2 Å². The average Bonchev–Trinajstić information content (AvgIpc) is 2.08. The van der Waals surface area contributed by atoms with Gasteiger partial charge < -0.3 is 0 Å². The number of hydrogen-bond donors (Lipinski definition) is 0. The molecule has 1 aromatic heterocycles. The van der Waals surface area contributed by atoms with Gasteiger partial charge in [-0.15, -0.1) is 0 Å². The summed E-state index contributed by atoms with van der Waals surface area (Å²) in [5.41, 5.74) is 1.68. The van der Waals surface area contributed by atoms with Crippen LogP contribution < -0.4 is 0 Å². The van der Waals surface area contributed by atoms with E-state index in [0.29, 0.717) is 10.2 Å². The fourth-order valence-corrected chi connectivity index (χ4v) is 1.21. The molecule has 0 aliphatic heterocycles. The summed E-state index contributed by atoms with van der Waals surface area (Å²) >= 11 is 11.6. The third-order valence-corrected chi connectivity index (χ3v) is 2.06. The van der Waals surface area contributed by atoms with Crippen LogP contribution in [-0.4, -0.2) is 17.7 Å². The van der Waals surface area contributed by atoms with Crippen LogP contribution in [0.2, 0.25) is 10.2 Å². The molecule has 0 saturated carbocycles. The SMILES string of the molecule is CN=C(C)c1cc(Cl)ncc1Cl. The molecule has 1 rings (SSSR count). The van der Waals surface area contributed by atoms with E-state index in [1.807, 2.05) is 6.92 Å². The van der Waals surface area contributed by atoms with Gasteiger partial charge in [0.2, 0.25) is 0 Å². The van der Waals surface area contributed by atoms with E-state index in [4.69, 9.17) is 23.2 Å². The number of halogens is 2. The molecule has 0 atom stereocenters. The van der Waals surface area contributed by atoms with Crippen molar-refractivity contribution in [1.29, 1.82) is 0 Å². The number of pyridine rings is 1. The molecule has 64 valence electrons. The molecule has 0 radical (unpaired) electrons. The molecule has 4 heteroatoms. The van der Waals surface area contributed by atoms with E-state index < -0.39 is 0 Å². The molecule has 0 aliphatic carbocycles. The Morgan fingerprint density at radius 2 is 2.17 bits per heavy atom. The lowest BCUT2D eigenvalue weighted by molar-refractivity contribution is 1.31. The minimum atomic E-state index is 0.428. The van der Waals surface area contributed by atoms with Gasteiger partial charge in [-0.05, 0) is 13.0 Å². The number of nitrogens with zero attached hydrogens (tertiary/aromatic N) is 2. The highest BCUT2D eigenvalue weighted by Gasteiger charge is 2.03. The highest BCUT2D eigenvalue weighted by Crippen LogP contribution is 2.18. The van der Waals surface area contributed by atoms with Crippen molar-refractivity contribution >= 4 is 28.9 Å². The molecule has 0 fully saturated rings. The van der Waals surface area contributed by atoms with Gasteiger partial charge in [0, 0.05) is 24.5 Å². The maximum absolute atomic E-state index is 5.87. The zero-order valence-corrected chi connectivity index (χ0v) is 8.32. The Labute approximate surface area is 81.2 Å². The Balaban J connectivity index is 3.23. The molecule has 1 aromatic rings. The van der Waals surface area contributed by atoms with Crippen LogP contribution in [0.3, 0.4) is 0 Å². The number of aliphatic imine (C=N–C) groups is 1. The standard InChI is InChI=1S/C8H8Cl2N2/c1-5(11-2)6-3-8(10)12-4-7(6)9/h3-4H,1-2H3. The average molecular weight is 203 g/mol. The van der Waals surface area contributed by atoms with Crippen molar-refractivity contribution in [1.82, 2.24) is 4.98 Å². The van der Waals surface area contributed by atoms with Crippen LogP contribution in [0.5, 0.6) is 0 Å². The van der Waals surface area contributed by atoms with Crippen molar-refractivity contribution in [3.05, 3.63) is 28.0 Å². The maximum Gasteiger partial charge on any atom is 0.129 e. The first kappa shape index (κ1) is 9.49. The van der Waals surface area contributed by atoms with Crippen molar-refractivity contribution in [2.75, 3.05) is 7.05 Å². The highest BCUT2D eigenvalue weighted by atomic mass is 35.5. The van der Waals surface area contributed by atoms with Crippen LogP contribution in [-0.2, 0) is 0 Å². The van der Waals surface area contributed by atoms with E-state index in [2.05, 4.69) is 9.98 Å². The lowest BCUT2D eigenvalue weighted by Crippen LogP contribution is -1.96. The van der Waals surface area contributed by atoms with E-state index in [1.54, 1.807) is 13.1 Å². The first-order chi connectivity index (χ1) is 5.65. The third kappa shape index (κ3) is 1.96. The van der Waals surface area contributed by atoms with Crippen LogP contribution in [0.15, 0.2) is 17.3 Å². The van der Waals surface area contributed by atoms with Gasteiger partial charge in [-0.25, -0.2) is 4.98 Å². The van der Waals surface area contributed by atoms with Gasteiger partial charge in [0.05, 0.1) is 5.02 Å². The van der Waals surface area contributed by atoms with Crippen LogP contribution in [0.25, 0.3) is 0 Å². The Bertz CT molecular complexity index is 321.